The van der Waals surface area contributed by atoms with Gasteiger partial charge in [0, 0.05) is 21.9 Å². The topological polar surface area (TPSA) is 65.2 Å². The Kier molecular flexibility index (Phi) is 4.54. The minimum Gasteiger partial charge on any atom is -0.465 e. The minimum atomic E-state index is -2.77. The predicted molar refractivity (Wildman–Crippen MR) is 61.1 cm³/mol. The lowest BCUT2D eigenvalue weighted by Gasteiger charge is -2.11. The molecule has 1 heterocycles. The Bertz CT molecular complexity index is 413. The van der Waals surface area contributed by atoms with Crippen LogP contribution >= 0.6 is 22.6 Å². The van der Waals surface area contributed by atoms with Gasteiger partial charge in [0.25, 0.3) is 6.43 Å². The van der Waals surface area contributed by atoms with E-state index in [1.807, 2.05) is 0 Å². The second-order valence-corrected chi connectivity index (χ2v) is 3.92. The summed E-state index contributed by atoms with van der Waals surface area (Å²) in [6.45, 7) is 0.0411. The summed E-state index contributed by atoms with van der Waals surface area (Å²) < 4.78 is 30.3. The molecular weight excluding hydrogens is 333 g/mol. The van der Waals surface area contributed by atoms with Crippen molar-refractivity contribution in [3.8, 4) is 0 Å². The van der Waals surface area contributed by atoms with Crippen LogP contribution in [0.25, 0.3) is 0 Å². The number of carbonyl (C=O) groups excluding carboxylic acids is 1. The van der Waals surface area contributed by atoms with Gasteiger partial charge in [0.05, 0.1) is 18.4 Å². The van der Waals surface area contributed by atoms with Gasteiger partial charge in [-0.2, -0.15) is 0 Å². The Balaban J connectivity index is 3.40. The average Bonchev–Trinajstić information content (AvgIpc) is 2.26. The molecule has 1 aromatic rings. The van der Waals surface area contributed by atoms with Crippen LogP contribution in [0.15, 0.2) is 6.20 Å². The summed E-state index contributed by atoms with van der Waals surface area (Å²) in [5.74, 6) is -0.829. The van der Waals surface area contributed by atoms with E-state index in [9.17, 15) is 13.6 Å². The van der Waals surface area contributed by atoms with Crippen LogP contribution in [0.4, 0.5) is 8.78 Å². The Hall–Kier alpha value is -0.830. The van der Waals surface area contributed by atoms with Crippen molar-refractivity contribution in [2.24, 2.45) is 5.73 Å². The number of halogens is 3. The highest BCUT2D eigenvalue weighted by molar-refractivity contribution is 14.1. The standard InChI is InChI=1S/C9H9F2IN2O2/c1-16-9(15)4-3-14-5(2-13)7(12)6(4)8(10)11/h3,8H,2,13H2,1H3. The zero-order valence-electron chi connectivity index (χ0n) is 8.34. The van der Waals surface area contributed by atoms with Crippen molar-refractivity contribution in [1.29, 1.82) is 0 Å². The normalized spacial score (nSPS) is 10.6. The molecule has 0 amide bonds. The number of esters is 1. The highest BCUT2D eigenvalue weighted by Gasteiger charge is 2.24. The lowest BCUT2D eigenvalue weighted by Crippen LogP contribution is -2.13. The third kappa shape index (κ3) is 2.46. The Morgan fingerprint density at radius 2 is 2.31 bits per heavy atom. The molecular formula is C9H9F2IN2O2. The predicted octanol–water partition coefficient (Wildman–Crippen LogP) is 1.87. The van der Waals surface area contributed by atoms with Crippen LogP contribution in [0.1, 0.15) is 28.0 Å². The summed E-state index contributed by atoms with van der Waals surface area (Å²) in [4.78, 5) is 15.1. The molecule has 7 heteroatoms. The van der Waals surface area contributed by atoms with Gasteiger partial charge in [-0.3, -0.25) is 4.98 Å². The van der Waals surface area contributed by atoms with Crippen molar-refractivity contribution >= 4 is 28.6 Å². The number of alkyl halides is 2. The van der Waals surface area contributed by atoms with Crippen molar-refractivity contribution in [3.63, 3.8) is 0 Å². The van der Waals surface area contributed by atoms with Crippen LogP contribution in [-0.4, -0.2) is 18.1 Å². The van der Waals surface area contributed by atoms with E-state index in [4.69, 9.17) is 5.73 Å². The number of hydrogen-bond donors (Lipinski definition) is 1. The third-order valence-corrected chi connectivity index (χ3v) is 3.15. The SMILES string of the molecule is COC(=O)c1cnc(CN)c(I)c1C(F)F. The van der Waals surface area contributed by atoms with E-state index in [-0.39, 0.29) is 21.2 Å². The molecule has 2 N–H and O–H groups in total. The van der Waals surface area contributed by atoms with Crippen molar-refractivity contribution in [3.05, 3.63) is 26.6 Å². The number of nitrogens with zero attached hydrogens (tertiary/aromatic N) is 1. The van der Waals surface area contributed by atoms with Crippen LogP contribution in [0.5, 0.6) is 0 Å². The van der Waals surface area contributed by atoms with Crippen molar-refractivity contribution < 1.29 is 18.3 Å². The lowest BCUT2D eigenvalue weighted by atomic mass is 10.1. The molecule has 88 valence electrons. The van der Waals surface area contributed by atoms with E-state index < -0.39 is 12.4 Å². The maximum absolute atomic E-state index is 12.8. The molecule has 4 nitrogen and oxygen atoms in total. The van der Waals surface area contributed by atoms with Crippen LogP contribution in [0.3, 0.4) is 0 Å². The number of rotatable bonds is 3. The maximum atomic E-state index is 12.8. The largest absolute Gasteiger partial charge is 0.465 e. The van der Waals surface area contributed by atoms with Gasteiger partial charge in [-0.25, -0.2) is 13.6 Å². The van der Waals surface area contributed by atoms with E-state index in [0.717, 1.165) is 13.3 Å². The van der Waals surface area contributed by atoms with Gasteiger partial charge >= 0.3 is 5.97 Å². The summed E-state index contributed by atoms with van der Waals surface area (Å²) in [6, 6.07) is 0. The summed E-state index contributed by atoms with van der Waals surface area (Å²) in [7, 11) is 1.13. The molecule has 0 spiro atoms. The van der Waals surface area contributed by atoms with Gasteiger partial charge in [0.15, 0.2) is 0 Å². The fraction of sp³-hybridized carbons (Fsp3) is 0.333. The minimum absolute atomic E-state index is 0.0411. The highest BCUT2D eigenvalue weighted by atomic mass is 127. The molecule has 0 bridgehead atoms. The van der Waals surface area contributed by atoms with E-state index >= 15 is 0 Å². The summed E-state index contributed by atoms with van der Waals surface area (Å²) in [5.41, 5.74) is 5.09. The second-order valence-electron chi connectivity index (χ2n) is 2.84. The van der Waals surface area contributed by atoms with E-state index in [1.165, 1.54) is 0 Å². The van der Waals surface area contributed by atoms with E-state index in [1.54, 1.807) is 22.6 Å². The molecule has 0 aliphatic rings. The number of pyridine rings is 1. The fourth-order valence-corrected chi connectivity index (χ4v) is 2.06. The van der Waals surface area contributed by atoms with Gasteiger partial charge in [-0.15, -0.1) is 0 Å². The van der Waals surface area contributed by atoms with Gasteiger partial charge in [0.2, 0.25) is 0 Å². The number of nitrogens with two attached hydrogens (primary N) is 1. The molecule has 16 heavy (non-hydrogen) atoms. The number of aromatic nitrogens is 1. The lowest BCUT2D eigenvalue weighted by molar-refractivity contribution is 0.0588. The van der Waals surface area contributed by atoms with Crippen molar-refractivity contribution in [2.45, 2.75) is 13.0 Å². The van der Waals surface area contributed by atoms with Crippen molar-refractivity contribution in [2.75, 3.05) is 7.11 Å². The van der Waals surface area contributed by atoms with Gasteiger partial charge in [-0.1, -0.05) is 0 Å². The van der Waals surface area contributed by atoms with Gasteiger partial charge in [0.1, 0.15) is 0 Å². The molecule has 0 aliphatic heterocycles. The second kappa shape index (κ2) is 5.48. The molecule has 0 fully saturated rings. The van der Waals surface area contributed by atoms with Crippen LogP contribution in [0, 0.1) is 3.57 Å². The Morgan fingerprint density at radius 1 is 1.69 bits per heavy atom. The van der Waals surface area contributed by atoms with Crippen LogP contribution in [-0.2, 0) is 11.3 Å². The van der Waals surface area contributed by atoms with Crippen molar-refractivity contribution in [1.82, 2.24) is 4.98 Å². The first-order valence-electron chi connectivity index (χ1n) is 4.26. The smallest absolute Gasteiger partial charge is 0.339 e. The zero-order chi connectivity index (χ0) is 12.3. The monoisotopic (exact) mass is 342 g/mol. The summed E-state index contributed by atoms with van der Waals surface area (Å²) >= 11 is 1.70. The first-order chi connectivity index (χ1) is 7.52. The Morgan fingerprint density at radius 3 is 2.75 bits per heavy atom. The molecule has 0 radical (unpaired) electrons. The average molecular weight is 342 g/mol. The number of methoxy groups -OCH3 is 1. The molecule has 1 aromatic heterocycles. The molecule has 0 saturated heterocycles. The molecule has 0 saturated carbocycles. The maximum Gasteiger partial charge on any atom is 0.339 e. The third-order valence-electron chi connectivity index (χ3n) is 1.95. The van der Waals surface area contributed by atoms with Gasteiger partial charge < -0.3 is 10.5 Å². The first-order valence-corrected chi connectivity index (χ1v) is 5.34. The summed E-state index contributed by atoms with van der Waals surface area (Å²) in [6.07, 6.45) is -1.70. The van der Waals surface area contributed by atoms with E-state index in [0.29, 0.717) is 5.69 Å². The van der Waals surface area contributed by atoms with E-state index in [2.05, 4.69) is 9.72 Å². The summed E-state index contributed by atoms with van der Waals surface area (Å²) in [5, 5.41) is 0. The molecule has 1 rings (SSSR count). The quantitative estimate of drug-likeness (QED) is 0.673. The first kappa shape index (κ1) is 13.2. The highest BCUT2D eigenvalue weighted by Crippen LogP contribution is 2.29. The molecule has 0 unspecified atom stereocenters. The fourth-order valence-electron chi connectivity index (χ4n) is 1.17. The number of ether oxygens (including phenoxy) is 1. The van der Waals surface area contributed by atoms with Crippen LogP contribution < -0.4 is 5.73 Å². The zero-order valence-corrected chi connectivity index (χ0v) is 10.5. The Labute approximate surface area is 104 Å². The number of carbonyl (C=O) groups is 1. The van der Waals surface area contributed by atoms with Crippen LogP contribution in [0.2, 0.25) is 0 Å². The van der Waals surface area contributed by atoms with Gasteiger partial charge in [-0.05, 0) is 22.6 Å². The molecule has 0 aromatic carbocycles. The molecule has 0 atom stereocenters. The number of hydrogen-bond acceptors (Lipinski definition) is 4. The molecule has 0 aliphatic carbocycles.